The molecular weight excluding hydrogens is 451 g/mol. The van der Waals surface area contributed by atoms with Crippen molar-refractivity contribution in [2.24, 2.45) is 0 Å². The van der Waals surface area contributed by atoms with Gasteiger partial charge in [0.25, 0.3) is 11.5 Å². The second kappa shape index (κ2) is 10.0. The van der Waals surface area contributed by atoms with Crippen molar-refractivity contribution in [3.63, 3.8) is 0 Å². The molecule has 11 heteroatoms. The summed E-state index contributed by atoms with van der Waals surface area (Å²) in [5.41, 5.74) is -1.61. The van der Waals surface area contributed by atoms with Crippen molar-refractivity contribution >= 4 is 5.91 Å². The van der Waals surface area contributed by atoms with E-state index in [2.05, 4.69) is 10.4 Å². The minimum Gasteiger partial charge on any atom is -0.349 e. The van der Waals surface area contributed by atoms with Crippen LogP contribution in [0.1, 0.15) is 27.2 Å². The van der Waals surface area contributed by atoms with Crippen LogP contribution in [0.3, 0.4) is 0 Å². The van der Waals surface area contributed by atoms with E-state index in [4.69, 9.17) is 0 Å². The highest BCUT2D eigenvalue weighted by atomic mass is 19.4. The number of hydrogen-bond donors (Lipinski definition) is 1. The molecule has 180 valence electrons. The predicted octanol–water partition coefficient (Wildman–Crippen LogP) is 2.06. The number of amides is 1. The third-order valence-corrected chi connectivity index (χ3v) is 5.02. The quantitative estimate of drug-likeness (QED) is 0.565. The van der Waals surface area contributed by atoms with E-state index in [-0.39, 0.29) is 18.8 Å². The number of nitrogens with zero attached hydrogens (tertiary/aromatic N) is 4. The number of hydrogen-bond acceptors (Lipinski definition) is 5. The Labute approximate surface area is 193 Å². The first-order valence-corrected chi connectivity index (χ1v) is 10.4. The molecule has 1 N–H and O–H groups in total. The van der Waals surface area contributed by atoms with E-state index in [1.54, 1.807) is 12.1 Å². The maximum absolute atomic E-state index is 13.1. The zero-order valence-corrected chi connectivity index (χ0v) is 18.9. The highest BCUT2D eigenvalue weighted by Crippen LogP contribution is 2.29. The van der Waals surface area contributed by atoms with Gasteiger partial charge in [-0.1, -0.05) is 29.8 Å². The molecule has 0 unspecified atom stereocenters. The maximum atomic E-state index is 13.1. The first-order chi connectivity index (χ1) is 16.0. The monoisotopic (exact) mass is 475 g/mol. The van der Waals surface area contributed by atoms with Crippen LogP contribution >= 0.6 is 0 Å². The van der Waals surface area contributed by atoms with Crippen LogP contribution in [0, 0.1) is 6.92 Å². The SMILES string of the molecule is Cc1ccc(Cn2c(=O)c(C(=O)NCCN(C)C)nn(-c3ccc(C(F)(F)F)cc3)c2=O)cc1. The minimum atomic E-state index is -4.56. The summed E-state index contributed by atoms with van der Waals surface area (Å²) >= 11 is 0. The largest absolute Gasteiger partial charge is 0.416 e. The second-order valence-electron chi connectivity index (χ2n) is 8.02. The van der Waals surface area contributed by atoms with Gasteiger partial charge in [0.2, 0.25) is 5.69 Å². The van der Waals surface area contributed by atoms with Crippen LogP contribution in [0.5, 0.6) is 0 Å². The van der Waals surface area contributed by atoms with Gasteiger partial charge in [0, 0.05) is 13.1 Å². The molecule has 0 atom stereocenters. The molecule has 3 rings (SSSR count). The Morgan fingerprint density at radius 1 is 1.03 bits per heavy atom. The lowest BCUT2D eigenvalue weighted by Crippen LogP contribution is -2.46. The Balaban J connectivity index is 2.10. The van der Waals surface area contributed by atoms with Gasteiger partial charge < -0.3 is 10.2 Å². The minimum absolute atomic E-state index is 0.0157. The second-order valence-corrected chi connectivity index (χ2v) is 8.02. The molecule has 1 amide bonds. The third kappa shape index (κ3) is 5.79. The molecule has 1 aromatic heterocycles. The van der Waals surface area contributed by atoms with Crippen molar-refractivity contribution in [2.45, 2.75) is 19.6 Å². The fourth-order valence-electron chi connectivity index (χ4n) is 3.11. The molecule has 0 saturated heterocycles. The number of rotatable bonds is 7. The van der Waals surface area contributed by atoms with Crippen molar-refractivity contribution in [1.82, 2.24) is 24.6 Å². The van der Waals surface area contributed by atoms with E-state index in [0.29, 0.717) is 12.1 Å². The van der Waals surface area contributed by atoms with Gasteiger partial charge >= 0.3 is 11.9 Å². The number of alkyl halides is 3. The Morgan fingerprint density at radius 2 is 1.65 bits per heavy atom. The fourth-order valence-corrected chi connectivity index (χ4v) is 3.11. The van der Waals surface area contributed by atoms with Crippen LogP contribution < -0.4 is 16.6 Å². The molecule has 2 aromatic carbocycles. The summed E-state index contributed by atoms with van der Waals surface area (Å²) in [6.07, 6.45) is -4.56. The van der Waals surface area contributed by atoms with Gasteiger partial charge in [-0.25, -0.2) is 4.79 Å². The van der Waals surface area contributed by atoms with Crippen LogP contribution in [0.4, 0.5) is 13.2 Å². The molecule has 34 heavy (non-hydrogen) atoms. The predicted molar refractivity (Wildman–Crippen MR) is 120 cm³/mol. The maximum Gasteiger partial charge on any atom is 0.416 e. The Bertz CT molecular complexity index is 1280. The summed E-state index contributed by atoms with van der Waals surface area (Å²) < 4.78 is 40.4. The smallest absolute Gasteiger partial charge is 0.349 e. The van der Waals surface area contributed by atoms with Gasteiger partial charge in [0.05, 0.1) is 17.8 Å². The summed E-state index contributed by atoms with van der Waals surface area (Å²) in [7, 11) is 3.62. The summed E-state index contributed by atoms with van der Waals surface area (Å²) in [6, 6.07) is 10.8. The Hall–Kier alpha value is -3.73. The molecule has 0 fully saturated rings. The summed E-state index contributed by atoms with van der Waals surface area (Å²) in [6.45, 7) is 2.47. The van der Waals surface area contributed by atoms with Gasteiger partial charge in [-0.3, -0.25) is 14.2 Å². The lowest BCUT2D eigenvalue weighted by atomic mass is 10.1. The van der Waals surface area contributed by atoms with Crippen molar-refractivity contribution in [3.8, 4) is 5.69 Å². The zero-order chi connectivity index (χ0) is 25.0. The highest BCUT2D eigenvalue weighted by molar-refractivity contribution is 5.91. The number of aryl methyl sites for hydroxylation is 1. The van der Waals surface area contributed by atoms with Gasteiger partial charge in [-0.2, -0.15) is 23.0 Å². The molecule has 1 heterocycles. The number of nitrogens with one attached hydrogen (secondary N) is 1. The van der Waals surface area contributed by atoms with Gasteiger partial charge in [0.1, 0.15) is 0 Å². The molecule has 0 spiro atoms. The lowest BCUT2D eigenvalue weighted by Gasteiger charge is -2.14. The average Bonchev–Trinajstić information content (AvgIpc) is 2.77. The van der Waals surface area contributed by atoms with Crippen LogP contribution in [-0.4, -0.2) is 52.3 Å². The highest BCUT2D eigenvalue weighted by Gasteiger charge is 2.30. The lowest BCUT2D eigenvalue weighted by molar-refractivity contribution is -0.137. The Morgan fingerprint density at radius 3 is 2.21 bits per heavy atom. The van der Waals surface area contributed by atoms with Crippen LogP contribution in [0.15, 0.2) is 58.1 Å². The third-order valence-electron chi connectivity index (χ3n) is 5.02. The van der Waals surface area contributed by atoms with E-state index in [0.717, 1.165) is 39.1 Å². The van der Waals surface area contributed by atoms with Crippen molar-refractivity contribution in [3.05, 3.63) is 91.8 Å². The van der Waals surface area contributed by atoms with Crippen molar-refractivity contribution in [2.75, 3.05) is 27.2 Å². The molecule has 0 aliphatic rings. The normalized spacial score (nSPS) is 11.6. The molecule has 0 bridgehead atoms. The fraction of sp³-hybridized carbons (Fsp3) is 0.304. The number of carbonyl (C=O) groups excluding carboxylic acids is 1. The molecule has 8 nitrogen and oxygen atoms in total. The van der Waals surface area contributed by atoms with Gasteiger partial charge in [0.15, 0.2) is 0 Å². The molecule has 0 aliphatic carbocycles. The number of carbonyl (C=O) groups is 1. The number of halogens is 3. The first kappa shape index (κ1) is 24.9. The van der Waals surface area contributed by atoms with E-state index in [1.165, 1.54) is 0 Å². The standard InChI is InChI=1S/C23H24F3N5O3/c1-15-4-6-16(7-5-15)14-30-21(33)19(20(32)27-12-13-29(2)3)28-31(22(30)34)18-10-8-17(9-11-18)23(24,25)26/h4-11H,12-14H2,1-3H3,(H,27,32). The van der Waals surface area contributed by atoms with Gasteiger partial charge in [-0.15, -0.1) is 0 Å². The van der Waals surface area contributed by atoms with Crippen LogP contribution in [0.25, 0.3) is 5.69 Å². The van der Waals surface area contributed by atoms with Crippen LogP contribution in [0.2, 0.25) is 0 Å². The van der Waals surface area contributed by atoms with Crippen molar-refractivity contribution in [1.29, 1.82) is 0 Å². The molecule has 0 saturated carbocycles. The van der Waals surface area contributed by atoms with Gasteiger partial charge in [-0.05, 0) is 50.8 Å². The number of benzene rings is 2. The van der Waals surface area contributed by atoms with Crippen molar-refractivity contribution < 1.29 is 18.0 Å². The van der Waals surface area contributed by atoms with E-state index in [9.17, 15) is 27.6 Å². The molecule has 0 aliphatic heterocycles. The molecule has 3 aromatic rings. The van der Waals surface area contributed by atoms with E-state index < -0.39 is 34.6 Å². The topological polar surface area (TPSA) is 89.2 Å². The first-order valence-electron chi connectivity index (χ1n) is 10.4. The van der Waals surface area contributed by atoms with Crippen LogP contribution in [-0.2, 0) is 12.7 Å². The molecular formula is C23H24F3N5O3. The summed E-state index contributed by atoms with van der Waals surface area (Å²) in [5, 5.41) is 6.49. The molecule has 0 radical (unpaired) electrons. The summed E-state index contributed by atoms with van der Waals surface area (Å²) in [4.78, 5) is 40.7. The average molecular weight is 475 g/mol. The zero-order valence-electron chi connectivity index (χ0n) is 18.9. The summed E-state index contributed by atoms with van der Waals surface area (Å²) in [5.74, 6) is -0.787. The van der Waals surface area contributed by atoms with E-state index in [1.807, 2.05) is 38.1 Å². The number of aromatic nitrogens is 3. The van der Waals surface area contributed by atoms with E-state index >= 15 is 0 Å². The number of likely N-dealkylation sites (N-methyl/N-ethyl adjacent to an activating group) is 1. The Kier molecular flexibility index (Phi) is 7.35.